The van der Waals surface area contributed by atoms with Crippen LogP contribution in [0.2, 0.25) is 0 Å². The number of hydrogen-bond acceptors (Lipinski definition) is 1. The van der Waals surface area contributed by atoms with Gasteiger partial charge in [-0.1, -0.05) is 54.6 Å². The van der Waals surface area contributed by atoms with E-state index in [9.17, 15) is 0 Å². The SMILES string of the molecule is CC(C)O[SiH2]c1cc2cccc3ccc4cccc1c4c32. The van der Waals surface area contributed by atoms with E-state index in [4.69, 9.17) is 4.43 Å². The van der Waals surface area contributed by atoms with Crippen molar-refractivity contribution in [2.75, 3.05) is 0 Å². The monoisotopic (exact) mass is 290 g/mol. The molecule has 2 heteroatoms. The van der Waals surface area contributed by atoms with Gasteiger partial charge in [-0.2, -0.15) is 0 Å². The third-order valence-corrected chi connectivity index (χ3v) is 5.90. The van der Waals surface area contributed by atoms with E-state index >= 15 is 0 Å². The molecule has 0 saturated heterocycles. The Morgan fingerprint density at radius 1 is 0.810 bits per heavy atom. The van der Waals surface area contributed by atoms with E-state index in [0.717, 1.165) is 0 Å². The average Bonchev–Trinajstić information content (AvgIpc) is 2.51. The minimum atomic E-state index is -0.697. The van der Waals surface area contributed by atoms with Crippen molar-refractivity contribution >= 4 is 47.3 Å². The second-order valence-corrected chi connectivity index (χ2v) is 7.33. The highest BCUT2D eigenvalue weighted by atomic mass is 28.2. The maximum atomic E-state index is 5.99. The first-order valence-corrected chi connectivity index (χ1v) is 8.79. The summed E-state index contributed by atoms with van der Waals surface area (Å²) in [5, 5.41) is 9.60. The van der Waals surface area contributed by atoms with Gasteiger partial charge in [0.2, 0.25) is 0 Å². The van der Waals surface area contributed by atoms with E-state index in [1.807, 2.05) is 0 Å². The standard InChI is InChI=1S/C19H18OSi/c1-12(2)20-21-17-11-15-7-3-5-13-9-10-14-6-4-8-16(17)19(14)18(13)15/h3-12H,21H2,1-2H3. The molecule has 4 aromatic carbocycles. The Morgan fingerprint density at radius 2 is 1.48 bits per heavy atom. The van der Waals surface area contributed by atoms with Crippen LogP contribution >= 0.6 is 0 Å². The molecule has 0 atom stereocenters. The Hall–Kier alpha value is -1.90. The molecule has 0 N–H and O–H groups in total. The molecule has 4 rings (SSSR count). The van der Waals surface area contributed by atoms with E-state index in [0.29, 0.717) is 6.10 Å². The van der Waals surface area contributed by atoms with Gasteiger partial charge in [0.15, 0.2) is 9.76 Å². The summed E-state index contributed by atoms with van der Waals surface area (Å²) in [5.74, 6) is 0. The second-order valence-electron chi connectivity index (χ2n) is 5.94. The van der Waals surface area contributed by atoms with Crippen LogP contribution in [0.1, 0.15) is 13.8 Å². The molecule has 0 aliphatic heterocycles. The summed E-state index contributed by atoms with van der Waals surface area (Å²) in [6.45, 7) is 4.23. The molecule has 0 heterocycles. The van der Waals surface area contributed by atoms with Gasteiger partial charge in [0.1, 0.15) is 0 Å². The van der Waals surface area contributed by atoms with Crippen molar-refractivity contribution in [1.82, 2.24) is 0 Å². The normalized spacial score (nSPS) is 12.7. The van der Waals surface area contributed by atoms with Crippen molar-refractivity contribution in [2.24, 2.45) is 0 Å². The lowest BCUT2D eigenvalue weighted by atomic mass is 9.94. The smallest absolute Gasteiger partial charge is 0.193 e. The highest BCUT2D eigenvalue weighted by Gasteiger charge is 2.12. The quantitative estimate of drug-likeness (QED) is 0.413. The predicted molar refractivity (Wildman–Crippen MR) is 94.5 cm³/mol. The van der Waals surface area contributed by atoms with Crippen LogP contribution in [0.3, 0.4) is 0 Å². The van der Waals surface area contributed by atoms with Crippen LogP contribution in [0.5, 0.6) is 0 Å². The molecule has 0 radical (unpaired) electrons. The lowest BCUT2D eigenvalue weighted by Crippen LogP contribution is -2.22. The minimum absolute atomic E-state index is 0.310. The molecule has 0 fully saturated rings. The fourth-order valence-electron chi connectivity index (χ4n) is 3.21. The first kappa shape index (κ1) is 12.8. The maximum absolute atomic E-state index is 5.99. The van der Waals surface area contributed by atoms with Gasteiger partial charge in [-0.05, 0) is 51.4 Å². The van der Waals surface area contributed by atoms with Crippen molar-refractivity contribution in [3.05, 3.63) is 54.6 Å². The highest BCUT2D eigenvalue weighted by Crippen LogP contribution is 2.33. The molecular formula is C19H18OSi. The van der Waals surface area contributed by atoms with Crippen molar-refractivity contribution in [3.8, 4) is 0 Å². The molecule has 0 aliphatic rings. The van der Waals surface area contributed by atoms with Gasteiger partial charge in [0.25, 0.3) is 0 Å². The molecule has 104 valence electrons. The summed E-state index contributed by atoms with van der Waals surface area (Å²) < 4.78 is 5.99. The first-order chi connectivity index (χ1) is 10.2. The van der Waals surface area contributed by atoms with Crippen molar-refractivity contribution in [3.63, 3.8) is 0 Å². The van der Waals surface area contributed by atoms with E-state index in [2.05, 4.69) is 68.4 Å². The Morgan fingerprint density at radius 3 is 2.24 bits per heavy atom. The lowest BCUT2D eigenvalue weighted by molar-refractivity contribution is 0.260. The van der Waals surface area contributed by atoms with Crippen LogP contribution in [0.25, 0.3) is 32.3 Å². The summed E-state index contributed by atoms with van der Waals surface area (Å²) in [4.78, 5) is 0. The van der Waals surface area contributed by atoms with Gasteiger partial charge in [0.05, 0.1) is 0 Å². The van der Waals surface area contributed by atoms with Gasteiger partial charge in [0, 0.05) is 6.10 Å². The van der Waals surface area contributed by atoms with Crippen LogP contribution in [-0.4, -0.2) is 15.9 Å². The maximum Gasteiger partial charge on any atom is 0.193 e. The van der Waals surface area contributed by atoms with E-state index in [1.165, 1.54) is 37.5 Å². The van der Waals surface area contributed by atoms with Crippen LogP contribution in [-0.2, 0) is 4.43 Å². The largest absolute Gasteiger partial charge is 0.416 e. The predicted octanol–water partition coefficient (Wildman–Crippen LogP) is 3.72. The Kier molecular flexibility index (Phi) is 2.95. The van der Waals surface area contributed by atoms with E-state index in [1.54, 1.807) is 0 Å². The molecular weight excluding hydrogens is 272 g/mol. The molecule has 0 saturated carbocycles. The molecule has 0 bridgehead atoms. The van der Waals surface area contributed by atoms with Crippen LogP contribution in [0.15, 0.2) is 54.6 Å². The topological polar surface area (TPSA) is 9.23 Å². The molecule has 0 unspecified atom stereocenters. The Labute approximate surface area is 126 Å². The minimum Gasteiger partial charge on any atom is -0.416 e. The molecule has 21 heavy (non-hydrogen) atoms. The third-order valence-electron chi connectivity index (χ3n) is 4.17. The Balaban J connectivity index is 2.10. The second kappa shape index (κ2) is 4.83. The third kappa shape index (κ3) is 2.03. The van der Waals surface area contributed by atoms with Gasteiger partial charge in [-0.15, -0.1) is 0 Å². The molecule has 0 aromatic heterocycles. The van der Waals surface area contributed by atoms with Gasteiger partial charge in [-0.3, -0.25) is 0 Å². The fraction of sp³-hybridized carbons (Fsp3) is 0.158. The van der Waals surface area contributed by atoms with Gasteiger partial charge < -0.3 is 4.43 Å². The van der Waals surface area contributed by atoms with Gasteiger partial charge in [-0.25, -0.2) is 0 Å². The zero-order valence-electron chi connectivity index (χ0n) is 12.4. The van der Waals surface area contributed by atoms with Crippen LogP contribution < -0.4 is 5.19 Å². The molecule has 1 nitrogen and oxygen atoms in total. The summed E-state index contributed by atoms with van der Waals surface area (Å²) in [7, 11) is -0.697. The van der Waals surface area contributed by atoms with Gasteiger partial charge >= 0.3 is 0 Å². The summed E-state index contributed by atoms with van der Waals surface area (Å²) in [6.07, 6.45) is 0.310. The molecule has 0 spiro atoms. The summed E-state index contributed by atoms with van der Waals surface area (Å²) >= 11 is 0. The fourth-order valence-corrected chi connectivity index (χ4v) is 4.48. The lowest BCUT2D eigenvalue weighted by Gasteiger charge is -2.15. The number of hydrogen-bond donors (Lipinski definition) is 0. The average molecular weight is 290 g/mol. The van der Waals surface area contributed by atoms with Crippen LogP contribution in [0.4, 0.5) is 0 Å². The van der Waals surface area contributed by atoms with E-state index < -0.39 is 9.76 Å². The first-order valence-electron chi connectivity index (χ1n) is 7.51. The number of rotatable bonds is 3. The number of benzene rings is 4. The van der Waals surface area contributed by atoms with Crippen LogP contribution in [0, 0.1) is 0 Å². The molecule has 4 aromatic rings. The zero-order chi connectivity index (χ0) is 14.4. The zero-order valence-corrected chi connectivity index (χ0v) is 13.8. The van der Waals surface area contributed by atoms with Crippen molar-refractivity contribution < 1.29 is 4.43 Å². The van der Waals surface area contributed by atoms with E-state index in [-0.39, 0.29) is 0 Å². The van der Waals surface area contributed by atoms with Crippen molar-refractivity contribution in [2.45, 2.75) is 20.0 Å². The summed E-state index contributed by atoms with van der Waals surface area (Å²) in [5.41, 5.74) is 0. The highest BCUT2D eigenvalue weighted by molar-refractivity contribution is 6.53. The summed E-state index contributed by atoms with van der Waals surface area (Å²) in [6, 6.07) is 20.0. The van der Waals surface area contributed by atoms with Crippen molar-refractivity contribution in [1.29, 1.82) is 0 Å². The molecule has 0 amide bonds. The molecule has 0 aliphatic carbocycles. The Bertz CT molecular complexity index is 927.